The van der Waals surface area contributed by atoms with Crippen LogP contribution in [0.25, 0.3) is 0 Å². The molecule has 0 fully saturated rings. The highest BCUT2D eigenvalue weighted by Crippen LogP contribution is 2.09. The number of aromatic nitrogens is 2. The van der Waals surface area contributed by atoms with E-state index in [-0.39, 0.29) is 17.5 Å². The Labute approximate surface area is 74.9 Å². The molecule has 0 aliphatic carbocycles. The van der Waals surface area contributed by atoms with E-state index in [2.05, 4.69) is 21.8 Å². The number of anilines is 1. The fraction of sp³-hybridized carbons (Fsp3) is 0.143. The molecule has 1 heterocycles. The van der Waals surface area contributed by atoms with Gasteiger partial charge in [-0.2, -0.15) is 0 Å². The Bertz CT molecular complexity index is 339. The topological polar surface area (TPSA) is 77.8 Å². The maximum Gasteiger partial charge on any atom is 0.165 e. The summed E-state index contributed by atoms with van der Waals surface area (Å²) in [4.78, 5) is 7.63. The van der Waals surface area contributed by atoms with Gasteiger partial charge in [0.15, 0.2) is 10.8 Å². The lowest BCUT2D eigenvalue weighted by Gasteiger charge is -1.94. The van der Waals surface area contributed by atoms with Crippen LogP contribution in [0.3, 0.4) is 0 Å². The molecule has 4 nitrogen and oxygen atoms in total. The molecule has 0 aliphatic heterocycles. The van der Waals surface area contributed by atoms with Gasteiger partial charge in [0.1, 0.15) is 5.82 Å². The van der Waals surface area contributed by atoms with Crippen molar-refractivity contribution in [3.8, 4) is 11.8 Å². The van der Waals surface area contributed by atoms with Crippen molar-refractivity contribution in [2.75, 3.05) is 12.3 Å². The highest BCUT2D eigenvalue weighted by atomic mass is 35.5. The molecule has 0 aromatic carbocycles. The Morgan fingerprint density at radius 2 is 2.33 bits per heavy atom. The fourth-order valence-corrected chi connectivity index (χ4v) is 0.791. The Morgan fingerprint density at radius 3 is 2.92 bits per heavy atom. The van der Waals surface area contributed by atoms with E-state index in [1.165, 1.54) is 6.20 Å². The van der Waals surface area contributed by atoms with Crippen molar-refractivity contribution in [3.05, 3.63) is 17.0 Å². The van der Waals surface area contributed by atoms with Crippen molar-refractivity contribution in [2.24, 2.45) is 5.73 Å². The number of nitrogens with zero attached hydrogens (tertiary/aromatic N) is 2. The van der Waals surface area contributed by atoms with Crippen molar-refractivity contribution in [1.82, 2.24) is 9.97 Å². The highest BCUT2D eigenvalue weighted by Gasteiger charge is 1.99. The molecule has 1 aromatic heterocycles. The van der Waals surface area contributed by atoms with Gasteiger partial charge in [0, 0.05) is 0 Å². The largest absolute Gasteiger partial charge is 0.382 e. The summed E-state index contributed by atoms with van der Waals surface area (Å²) in [6.07, 6.45) is 1.40. The van der Waals surface area contributed by atoms with Gasteiger partial charge in [-0.3, -0.25) is 0 Å². The monoisotopic (exact) mass is 182 g/mol. The van der Waals surface area contributed by atoms with Crippen LogP contribution in [0.4, 0.5) is 5.82 Å². The highest BCUT2D eigenvalue weighted by molar-refractivity contribution is 6.30. The molecular formula is C7H7ClN4. The lowest BCUT2D eigenvalue weighted by molar-refractivity contribution is 1.18. The summed E-state index contributed by atoms with van der Waals surface area (Å²) >= 11 is 5.67. The molecule has 0 radical (unpaired) electrons. The molecule has 1 aromatic rings. The summed E-state index contributed by atoms with van der Waals surface area (Å²) in [5, 5.41) is 0.205. The summed E-state index contributed by atoms with van der Waals surface area (Å²) < 4.78 is 0. The summed E-state index contributed by atoms with van der Waals surface area (Å²) in [5.74, 6) is 5.55. The average molecular weight is 183 g/mol. The number of halogens is 1. The van der Waals surface area contributed by atoms with Crippen LogP contribution in [0.15, 0.2) is 6.20 Å². The minimum Gasteiger partial charge on any atom is -0.382 e. The molecule has 0 aliphatic rings. The van der Waals surface area contributed by atoms with Gasteiger partial charge in [0.05, 0.1) is 12.7 Å². The predicted octanol–water partition coefficient (Wildman–Crippen LogP) is 0.0224. The number of rotatable bonds is 0. The van der Waals surface area contributed by atoms with Gasteiger partial charge < -0.3 is 11.5 Å². The zero-order valence-corrected chi connectivity index (χ0v) is 6.97. The minimum atomic E-state index is 0.205. The molecule has 0 saturated heterocycles. The number of hydrogen-bond acceptors (Lipinski definition) is 4. The third kappa shape index (κ3) is 2.09. The molecule has 62 valence electrons. The van der Waals surface area contributed by atoms with E-state index in [1.807, 2.05) is 0 Å². The number of nitrogens with two attached hydrogens (primary N) is 2. The minimum absolute atomic E-state index is 0.205. The second-order valence-corrected chi connectivity index (χ2v) is 2.30. The lowest BCUT2D eigenvalue weighted by atomic mass is 10.4. The third-order valence-corrected chi connectivity index (χ3v) is 1.32. The maximum absolute atomic E-state index is 5.67. The van der Waals surface area contributed by atoms with E-state index in [4.69, 9.17) is 23.1 Å². The predicted molar refractivity (Wildman–Crippen MR) is 47.4 cm³/mol. The van der Waals surface area contributed by atoms with Gasteiger partial charge in [-0.05, 0) is 5.92 Å². The van der Waals surface area contributed by atoms with E-state index in [1.54, 1.807) is 0 Å². The van der Waals surface area contributed by atoms with E-state index >= 15 is 0 Å². The standard InChI is InChI=1S/C7H7ClN4/c8-7-5(2-1-3-9)11-4-6(10)12-7/h4H,3,9H2,(H2,10,12). The molecule has 12 heavy (non-hydrogen) atoms. The van der Waals surface area contributed by atoms with E-state index in [9.17, 15) is 0 Å². The van der Waals surface area contributed by atoms with E-state index in [0.29, 0.717) is 5.69 Å². The molecule has 5 heteroatoms. The average Bonchev–Trinajstić information content (AvgIpc) is 2.03. The normalized spacial score (nSPS) is 8.83. The SMILES string of the molecule is NCC#Cc1ncc(N)nc1Cl. The third-order valence-electron chi connectivity index (χ3n) is 1.06. The van der Waals surface area contributed by atoms with Crippen molar-refractivity contribution in [2.45, 2.75) is 0 Å². The molecule has 0 atom stereocenters. The number of hydrogen-bond donors (Lipinski definition) is 2. The van der Waals surface area contributed by atoms with Crippen LogP contribution in [-0.2, 0) is 0 Å². The van der Waals surface area contributed by atoms with Crippen molar-refractivity contribution in [3.63, 3.8) is 0 Å². The quantitative estimate of drug-likeness (QED) is 0.555. The van der Waals surface area contributed by atoms with E-state index in [0.717, 1.165) is 0 Å². The first-order valence-electron chi connectivity index (χ1n) is 3.21. The Hall–Kier alpha value is -1.31. The van der Waals surface area contributed by atoms with Crippen LogP contribution in [0, 0.1) is 11.8 Å². The Morgan fingerprint density at radius 1 is 1.58 bits per heavy atom. The Kier molecular flexibility index (Phi) is 2.86. The molecule has 0 amide bonds. The smallest absolute Gasteiger partial charge is 0.165 e. The van der Waals surface area contributed by atoms with Gasteiger partial charge in [0.2, 0.25) is 0 Å². The molecule has 4 N–H and O–H groups in total. The van der Waals surface area contributed by atoms with Crippen molar-refractivity contribution < 1.29 is 0 Å². The zero-order chi connectivity index (χ0) is 8.97. The number of nitrogen functional groups attached to an aromatic ring is 1. The van der Waals surface area contributed by atoms with Crippen LogP contribution >= 0.6 is 11.6 Å². The summed E-state index contributed by atoms with van der Waals surface area (Å²) in [7, 11) is 0. The van der Waals surface area contributed by atoms with Gasteiger partial charge in [-0.15, -0.1) is 0 Å². The van der Waals surface area contributed by atoms with Gasteiger partial charge in [-0.1, -0.05) is 17.5 Å². The molecular weight excluding hydrogens is 176 g/mol. The Balaban J connectivity index is 3.01. The van der Waals surface area contributed by atoms with Crippen LogP contribution in [0.5, 0.6) is 0 Å². The first kappa shape index (κ1) is 8.78. The molecule has 0 unspecified atom stereocenters. The molecule has 0 bridgehead atoms. The first-order valence-corrected chi connectivity index (χ1v) is 3.59. The van der Waals surface area contributed by atoms with Gasteiger partial charge in [0.25, 0.3) is 0 Å². The molecule has 0 spiro atoms. The summed E-state index contributed by atoms with van der Waals surface area (Å²) in [5.41, 5.74) is 10.9. The molecule has 0 saturated carbocycles. The van der Waals surface area contributed by atoms with Crippen molar-refractivity contribution in [1.29, 1.82) is 0 Å². The zero-order valence-electron chi connectivity index (χ0n) is 6.21. The van der Waals surface area contributed by atoms with Gasteiger partial charge >= 0.3 is 0 Å². The van der Waals surface area contributed by atoms with Crippen LogP contribution in [-0.4, -0.2) is 16.5 Å². The van der Waals surface area contributed by atoms with Crippen molar-refractivity contribution >= 4 is 17.4 Å². The lowest BCUT2D eigenvalue weighted by Crippen LogP contribution is -1.96. The second kappa shape index (κ2) is 3.90. The first-order chi connectivity index (χ1) is 5.74. The van der Waals surface area contributed by atoms with Crippen LogP contribution in [0.1, 0.15) is 5.69 Å². The second-order valence-electron chi connectivity index (χ2n) is 1.94. The maximum atomic E-state index is 5.67. The molecule has 1 rings (SSSR count). The summed E-state index contributed by atoms with van der Waals surface area (Å²) in [6.45, 7) is 0.266. The van der Waals surface area contributed by atoms with Gasteiger partial charge in [-0.25, -0.2) is 9.97 Å². The van der Waals surface area contributed by atoms with Crippen LogP contribution < -0.4 is 11.5 Å². The van der Waals surface area contributed by atoms with E-state index < -0.39 is 0 Å². The van der Waals surface area contributed by atoms with Crippen LogP contribution in [0.2, 0.25) is 5.15 Å². The summed E-state index contributed by atoms with van der Waals surface area (Å²) in [6, 6.07) is 0. The fourth-order valence-electron chi connectivity index (χ4n) is 0.598.